The molecule has 0 bridgehead atoms. The van der Waals surface area contributed by atoms with Crippen LogP contribution in [0.5, 0.6) is 0 Å². The Morgan fingerprint density at radius 2 is 2.07 bits per heavy atom. The van der Waals surface area contributed by atoms with Crippen LogP contribution in [0.1, 0.15) is 30.7 Å². The largest absolute Gasteiger partial charge is 0.330 e. The van der Waals surface area contributed by atoms with Gasteiger partial charge in [0.15, 0.2) is 0 Å². The minimum absolute atomic E-state index is 0.676. The summed E-state index contributed by atoms with van der Waals surface area (Å²) in [5, 5.41) is 0. The Morgan fingerprint density at radius 1 is 1.29 bits per heavy atom. The van der Waals surface area contributed by atoms with Gasteiger partial charge >= 0.3 is 0 Å². The Balaban J connectivity index is 2.26. The van der Waals surface area contributed by atoms with Crippen LogP contribution >= 0.6 is 15.9 Å². The third kappa shape index (κ3) is 1.86. The zero-order chi connectivity index (χ0) is 9.97. The van der Waals surface area contributed by atoms with E-state index < -0.39 is 0 Å². The van der Waals surface area contributed by atoms with E-state index in [4.69, 9.17) is 5.73 Å². The second kappa shape index (κ2) is 4.45. The third-order valence-electron chi connectivity index (χ3n) is 3.27. The van der Waals surface area contributed by atoms with E-state index in [0.29, 0.717) is 11.8 Å². The molecule has 0 amide bonds. The van der Waals surface area contributed by atoms with Crippen LogP contribution in [0, 0.1) is 5.92 Å². The Morgan fingerprint density at radius 3 is 2.79 bits per heavy atom. The zero-order valence-electron chi connectivity index (χ0n) is 8.25. The molecule has 1 aliphatic rings. The van der Waals surface area contributed by atoms with Crippen molar-refractivity contribution in [1.29, 1.82) is 0 Å². The average Bonchev–Trinajstić information content (AvgIpc) is 2.66. The summed E-state index contributed by atoms with van der Waals surface area (Å²) in [6.45, 7) is 0.825. The van der Waals surface area contributed by atoms with Crippen LogP contribution in [0.4, 0.5) is 0 Å². The highest BCUT2D eigenvalue weighted by atomic mass is 79.9. The van der Waals surface area contributed by atoms with Crippen molar-refractivity contribution < 1.29 is 0 Å². The van der Waals surface area contributed by atoms with Gasteiger partial charge in [-0.2, -0.15) is 0 Å². The number of rotatable bonds is 2. The molecule has 2 N–H and O–H groups in total. The summed E-state index contributed by atoms with van der Waals surface area (Å²) in [7, 11) is 0. The molecule has 2 unspecified atom stereocenters. The highest BCUT2D eigenvalue weighted by Crippen LogP contribution is 2.41. The maximum Gasteiger partial charge on any atom is 0.0210 e. The number of benzene rings is 1. The van der Waals surface area contributed by atoms with Crippen molar-refractivity contribution >= 4 is 15.9 Å². The molecule has 1 saturated carbocycles. The molecule has 2 atom stereocenters. The van der Waals surface area contributed by atoms with Crippen LogP contribution < -0.4 is 5.73 Å². The lowest BCUT2D eigenvalue weighted by atomic mass is 9.89. The summed E-state index contributed by atoms with van der Waals surface area (Å²) >= 11 is 3.62. The molecule has 0 heterocycles. The van der Waals surface area contributed by atoms with Crippen LogP contribution in [-0.4, -0.2) is 6.54 Å². The highest BCUT2D eigenvalue weighted by molar-refractivity contribution is 9.10. The molecule has 1 aromatic carbocycles. The third-order valence-corrected chi connectivity index (χ3v) is 3.99. The van der Waals surface area contributed by atoms with Gasteiger partial charge in [-0.3, -0.25) is 0 Å². The summed E-state index contributed by atoms with van der Waals surface area (Å²) in [6, 6.07) is 8.54. The first-order chi connectivity index (χ1) is 6.83. The van der Waals surface area contributed by atoms with Crippen LogP contribution in [0.3, 0.4) is 0 Å². The lowest BCUT2D eigenvalue weighted by Gasteiger charge is -2.19. The molecule has 0 saturated heterocycles. The molecule has 2 heteroatoms. The van der Waals surface area contributed by atoms with Gasteiger partial charge in [0.2, 0.25) is 0 Å². The number of hydrogen-bond donors (Lipinski definition) is 1. The first-order valence-corrected chi connectivity index (χ1v) is 6.06. The van der Waals surface area contributed by atoms with Crippen molar-refractivity contribution in [2.45, 2.75) is 25.2 Å². The van der Waals surface area contributed by atoms with Crippen LogP contribution in [0.2, 0.25) is 0 Å². The predicted octanol–water partition coefficient (Wildman–Crippen LogP) is 3.29. The van der Waals surface area contributed by atoms with Crippen LogP contribution in [0.25, 0.3) is 0 Å². The van der Waals surface area contributed by atoms with Crippen molar-refractivity contribution in [3.05, 3.63) is 34.3 Å². The van der Waals surface area contributed by atoms with E-state index in [1.807, 2.05) is 0 Å². The average molecular weight is 254 g/mol. The minimum atomic E-state index is 0.676. The van der Waals surface area contributed by atoms with Gasteiger partial charge in [-0.15, -0.1) is 0 Å². The molecule has 0 spiro atoms. The molecular weight excluding hydrogens is 238 g/mol. The molecule has 1 aliphatic carbocycles. The van der Waals surface area contributed by atoms with Gasteiger partial charge in [0.1, 0.15) is 0 Å². The second-order valence-electron chi connectivity index (χ2n) is 4.05. The van der Waals surface area contributed by atoms with E-state index in [-0.39, 0.29) is 0 Å². The highest BCUT2D eigenvalue weighted by Gasteiger charge is 2.28. The van der Waals surface area contributed by atoms with E-state index in [2.05, 4.69) is 40.2 Å². The Kier molecular flexibility index (Phi) is 3.24. The fourth-order valence-corrected chi connectivity index (χ4v) is 3.08. The van der Waals surface area contributed by atoms with Gasteiger partial charge in [-0.05, 0) is 42.9 Å². The Bertz CT molecular complexity index is 311. The molecule has 0 radical (unpaired) electrons. The van der Waals surface area contributed by atoms with Gasteiger partial charge in [-0.25, -0.2) is 0 Å². The quantitative estimate of drug-likeness (QED) is 0.861. The van der Waals surface area contributed by atoms with Gasteiger partial charge < -0.3 is 5.73 Å². The van der Waals surface area contributed by atoms with Gasteiger partial charge in [0.05, 0.1) is 0 Å². The van der Waals surface area contributed by atoms with Gasteiger partial charge in [-0.1, -0.05) is 40.5 Å². The topological polar surface area (TPSA) is 26.0 Å². The summed E-state index contributed by atoms with van der Waals surface area (Å²) in [4.78, 5) is 0. The number of nitrogens with two attached hydrogens (primary N) is 1. The van der Waals surface area contributed by atoms with E-state index in [1.54, 1.807) is 0 Å². The normalized spacial score (nSPS) is 26.7. The van der Waals surface area contributed by atoms with Crippen LogP contribution in [0.15, 0.2) is 28.7 Å². The minimum Gasteiger partial charge on any atom is -0.330 e. The summed E-state index contributed by atoms with van der Waals surface area (Å²) < 4.78 is 1.24. The molecule has 0 aromatic heterocycles. The van der Waals surface area contributed by atoms with Crippen molar-refractivity contribution in [3.63, 3.8) is 0 Å². The van der Waals surface area contributed by atoms with Crippen molar-refractivity contribution in [3.8, 4) is 0 Å². The zero-order valence-corrected chi connectivity index (χ0v) is 9.83. The smallest absolute Gasteiger partial charge is 0.0210 e. The lowest BCUT2D eigenvalue weighted by Crippen LogP contribution is -2.17. The summed E-state index contributed by atoms with van der Waals surface area (Å²) in [5.74, 6) is 1.37. The Labute approximate surface area is 93.8 Å². The molecule has 0 aliphatic heterocycles. The lowest BCUT2D eigenvalue weighted by molar-refractivity contribution is 0.495. The van der Waals surface area contributed by atoms with Crippen molar-refractivity contribution in [2.24, 2.45) is 11.7 Å². The first-order valence-electron chi connectivity index (χ1n) is 5.27. The van der Waals surface area contributed by atoms with E-state index in [1.165, 1.54) is 29.3 Å². The molecule has 2 rings (SSSR count). The summed E-state index contributed by atoms with van der Waals surface area (Å²) in [6.07, 6.45) is 3.92. The van der Waals surface area contributed by atoms with Crippen molar-refractivity contribution in [2.75, 3.05) is 6.54 Å². The van der Waals surface area contributed by atoms with E-state index in [0.717, 1.165) is 6.54 Å². The summed E-state index contributed by atoms with van der Waals surface area (Å²) in [5.41, 5.74) is 7.24. The maximum atomic E-state index is 5.80. The molecule has 1 nitrogen and oxygen atoms in total. The number of halogens is 1. The van der Waals surface area contributed by atoms with Crippen molar-refractivity contribution in [1.82, 2.24) is 0 Å². The molecular formula is C12H16BrN. The monoisotopic (exact) mass is 253 g/mol. The van der Waals surface area contributed by atoms with Gasteiger partial charge in [0, 0.05) is 4.47 Å². The van der Waals surface area contributed by atoms with Crippen LogP contribution in [-0.2, 0) is 0 Å². The van der Waals surface area contributed by atoms with E-state index in [9.17, 15) is 0 Å². The molecule has 76 valence electrons. The Hall–Kier alpha value is -0.340. The predicted molar refractivity (Wildman–Crippen MR) is 63.3 cm³/mol. The number of hydrogen-bond acceptors (Lipinski definition) is 1. The first kappa shape index (κ1) is 10.2. The molecule has 14 heavy (non-hydrogen) atoms. The standard InChI is InChI=1S/C12H16BrN/c13-12-7-2-1-5-11(12)10-6-3-4-9(10)8-14/h1-2,5,7,9-10H,3-4,6,8,14H2. The molecule has 1 aromatic rings. The SMILES string of the molecule is NCC1CCCC1c1ccccc1Br. The fraction of sp³-hybridized carbons (Fsp3) is 0.500. The van der Waals surface area contributed by atoms with E-state index >= 15 is 0 Å². The fourth-order valence-electron chi connectivity index (χ4n) is 2.50. The maximum absolute atomic E-state index is 5.80. The van der Waals surface area contributed by atoms with Gasteiger partial charge in [0.25, 0.3) is 0 Å². The molecule has 1 fully saturated rings. The second-order valence-corrected chi connectivity index (χ2v) is 4.91.